The van der Waals surface area contributed by atoms with Crippen LogP contribution in [0.25, 0.3) is 0 Å². The number of carboxylic acid groups (broad SMARTS) is 1. The Morgan fingerprint density at radius 3 is 2.67 bits per heavy atom. The molecule has 1 fully saturated rings. The van der Waals surface area contributed by atoms with E-state index in [0.717, 1.165) is 11.1 Å². The molecule has 1 N–H and O–H groups in total. The summed E-state index contributed by atoms with van der Waals surface area (Å²) in [7, 11) is 0. The maximum atomic E-state index is 12.5. The van der Waals surface area contributed by atoms with Crippen molar-refractivity contribution < 1.29 is 14.3 Å². The first-order chi connectivity index (χ1) is 7.10. The molecular formula is C12H13FO2. The number of hydrogen-bond donors (Lipinski definition) is 1. The van der Waals surface area contributed by atoms with Crippen LogP contribution in [0.2, 0.25) is 0 Å². The fourth-order valence-electron chi connectivity index (χ4n) is 1.99. The Bertz CT molecular complexity index is 408. The van der Waals surface area contributed by atoms with Crippen LogP contribution in [0.1, 0.15) is 29.5 Å². The van der Waals surface area contributed by atoms with E-state index in [1.807, 2.05) is 6.92 Å². The molecule has 0 bridgehead atoms. The van der Waals surface area contributed by atoms with E-state index in [1.54, 1.807) is 18.2 Å². The van der Waals surface area contributed by atoms with Crippen LogP contribution < -0.4 is 0 Å². The zero-order valence-corrected chi connectivity index (χ0v) is 8.59. The Morgan fingerprint density at radius 1 is 1.53 bits per heavy atom. The molecule has 0 aliphatic heterocycles. The largest absolute Gasteiger partial charge is 0.481 e. The number of carbonyl (C=O) groups is 1. The third-order valence-corrected chi connectivity index (χ3v) is 3.13. The quantitative estimate of drug-likeness (QED) is 0.828. The molecule has 0 unspecified atom stereocenters. The van der Waals surface area contributed by atoms with Crippen molar-refractivity contribution >= 4 is 5.97 Å². The van der Waals surface area contributed by atoms with Gasteiger partial charge in [0.1, 0.15) is 6.67 Å². The number of halogens is 1. The molecule has 0 atom stereocenters. The first-order valence-corrected chi connectivity index (χ1v) is 4.99. The molecule has 3 heteroatoms. The number of hydrogen-bond acceptors (Lipinski definition) is 1. The number of alkyl halides is 1. The molecule has 1 aliphatic rings. The van der Waals surface area contributed by atoms with Gasteiger partial charge in [-0.3, -0.25) is 4.79 Å². The fourth-order valence-corrected chi connectivity index (χ4v) is 1.99. The van der Waals surface area contributed by atoms with Crippen molar-refractivity contribution in [2.45, 2.75) is 31.9 Å². The lowest BCUT2D eigenvalue weighted by Crippen LogP contribution is -2.20. The van der Waals surface area contributed by atoms with Crippen LogP contribution in [0.4, 0.5) is 4.39 Å². The molecule has 0 spiro atoms. The van der Waals surface area contributed by atoms with Crippen LogP contribution in [0.15, 0.2) is 18.2 Å². The van der Waals surface area contributed by atoms with Gasteiger partial charge in [0.2, 0.25) is 0 Å². The molecule has 0 radical (unpaired) electrons. The molecule has 0 aromatic heterocycles. The predicted molar refractivity (Wildman–Crippen MR) is 54.5 cm³/mol. The first-order valence-electron chi connectivity index (χ1n) is 4.99. The molecule has 15 heavy (non-hydrogen) atoms. The molecule has 1 aromatic carbocycles. The Balaban J connectivity index is 2.47. The van der Waals surface area contributed by atoms with Gasteiger partial charge in [0, 0.05) is 0 Å². The van der Waals surface area contributed by atoms with Gasteiger partial charge in [-0.15, -0.1) is 0 Å². The number of aryl methyl sites for hydroxylation is 1. The van der Waals surface area contributed by atoms with Crippen LogP contribution in [0.5, 0.6) is 0 Å². The van der Waals surface area contributed by atoms with Gasteiger partial charge in [-0.1, -0.05) is 18.2 Å². The number of rotatable bonds is 3. The summed E-state index contributed by atoms with van der Waals surface area (Å²) in [6.07, 6.45) is 1.33. The average Bonchev–Trinajstić information content (AvgIpc) is 2.99. The van der Waals surface area contributed by atoms with Crippen molar-refractivity contribution in [3.63, 3.8) is 0 Å². The number of benzene rings is 1. The first kappa shape index (κ1) is 10.1. The Labute approximate surface area is 87.7 Å². The van der Waals surface area contributed by atoms with E-state index < -0.39 is 18.1 Å². The van der Waals surface area contributed by atoms with Crippen LogP contribution in [0.3, 0.4) is 0 Å². The maximum absolute atomic E-state index is 12.5. The second kappa shape index (κ2) is 3.33. The highest BCUT2D eigenvalue weighted by molar-refractivity contribution is 5.85. The third kappa shape index (κ3) is 1.52. The van der Waals surface area contributed by atoms with Gasteiger partial charge in [0.25, 0.3) is 0 Å². The molecule has 1 aliphatic carbocycles. The molecule has 80 valence electrons. The standard InChI is InChI=1S/C12H13FO2/c1-8-2-3-9(7-13)6-10(8)12(4-5-12)11(14)15/h2-3,6H,4-5,7H2,1H3,(H,14,15). The molecule has 0 amide bonds. The normalized spacial score (nSPS) is 17.5. The second-order valence-corrected chi connectivity index (χ2v) is 4.17. The summed E-state index contributed by atoms with van der Waals surface area (Å²) in [5.74, 6) is -0.790. The second-order valence-electron chi connectivity index (χ2n) is 4.17. The molecule has 0 saturated heterocycles. The summed E-state index contributed by atoms with van der Waals surface area (Å²) in [4.78, 5) is 11.1. The minimum absolute atomic E-state index is 0.539. The zero-order chi connectivity index (χ0) is 11.1. The third-order valence-electron chi connectivity index (χ3n) is 3.13. The van der Waals surface area contributed by atoms with E-state index in [0.29, 0.717) is 18.4 Å². The van der Waals surface area contributed by atoms with Gasteiger partial charge in [-0.2, -0.15) is 0 Å². The van der Waals surface area contributed by atoms with E-state index >= 15 is 0 Å². The number of aliphatic carboxylic acids is 1. The van der Waals surface area contributed by atoms with Crippen LogP contribution in [-0.2, 0) is 16.9 Å². The summed E-state index contributed by atoms with van der Waals surface area (Å²) >= 11 is 0. The van der Waals surface area contributed by atoms with Crippen molar-refractivity contribution in [3.05, 3.63) is 34.9 Å². The smallest absolute Gasteiger partial charge is 0.314 e. The van der Waals surface area contributed by atoms with Gasteiger partial charge in [-0.25, -0.2) is 4.39 Å². The molecule has 0 heterocycles. The number of carboxylic acids is 1. The summed E-state index contributed by atoms with van der Waals surface area (Å²) < 4.78 is 12.5. The highest BCUT2D eigenvalue weighted by atomic mass is 19.1. The average molecular weight is 208 g/mol. The molecule has 2 nitrogen and oxygen atoms in total. The van der Waals surface area contributed by atoms with Gasteiger partial charge in [0.15, 0.2) is 0 Å². The van der Waals surface area contributed by atoms with Gasteiger partial charge in [-0.05, 0) is 36.5 Å². The van der Waals surface area contributed by atoms with E-state index in [1.165, 1.54) is 0 Å². The summed E-state index contributed by atoms with van der Waals surface area (Å²) in [5.41, 5.74) is 1.55. The van der Waals surface area contributed by atoms with Crippen molar-refractivity contribution in [1.82, 2.24) is 0 Å². The van der Waals surface area contributed by atoms with E-state index in [-0.39, 0.29) is 0 Å². The highest BCUT2D eigenvalue weighted by Gasteiger charge is 2.52. The SMILES string of the molecule is Cc1ccc(CF)cc1C1(C(=O)O)CC1. The fraction of sp³-hybridized carbons (Fsp3) is 0.417. The van der Waals surface area contributed by atoms with Gasteiger partial charge < -0.3 is 5.11 Å². The lowest BCUT2D eigenvalue weighted by Gasteiger charge is -2.14. The summed E-state index contributed by atoms with van der Waals surface area (Å²) in [5, 5.41) is 9.15. The molecule has 1 aromatic rings. The Hall–Kier alpha value is -1.38. The van der Waals surface area contributed by atoms with Crippen LogP contribution in [-0.4, -0.2) is 11.1 Å². The van der Waals surface area contributed by atoms with E-state index in [4.69, 9.17) is 5.11 Å². The van der Waals surface area contributed by atoms with E-state index in [9.17, 15) is 9.18 Å². The summed E-state index contributed by atoms with van der Waals surface area (Å²) in [6.45, 7) is 1.34. The minimum atomic E-state index is -0.790. The van der Waals surface area contributed by atoms with Crippen molar-refractivity contribution in [2.75, 3.05) is 0 Å². The monoisotopic (exact) mass is 208 g/mol. The highest BCUT2D eigenvalue weighted by Crippen LogP contribution is 2.49. The molecular weight excluding hydrogens is 195 g/mol. The predicted octanol–water partition coefficient (Wildman–Crippen LogP) is 2.58. The van der Waals surface area contributed by atoms with E-state index in [2.05, 4.69) is 0 Å². The van der Waals surface area contributed by atoms with Crippen molar-refractivity contribution in [1.29, 1.82) is 0 Å². The van der Waals surface area contributed by atoms with Crippen LogP contribution in [0, 0.1) is 6.92 Å². The maximum Gasteiger partial charge on any atom is 0.314 e. The van der Waals surface area contributed by atoms with Crippen molar-refractivity contribution in [3.8, 4) is 0 Å². The van der Waals surface area contributed by atoms with Gasteiger partial charge >= 0.3 is 5.97 Å². The minimum Gasteiger partial charge on any atom is -0.481 e. The topological polar surface area (TPSA) is 37.3 Å². The Morgan fingerprint density at radius 2 is 2.20 bits per heavy atom. The van der Waals surface area contributed by atoms with Gasteiger partial charge in [0.05, 0.1) is 5.41 Å². The van der Waals surface area contributed by atoms with Crippen molar-refractivity contribution in [2.24, 2.45) is 0 Å². The lowest BCUT2D eigenvalue weighted by molar-refractivity contribution is -0.140. The Kier molecular flexibility index (Phi) is 2.25. The zero-order valence-electron chi connectivity index (χ0n) is 8.59. The molecule has 2 rings (SSSR count). The lowest BCUT2D eigenvalue weighted by atomic mass is 9.90. The molecule has 1 saturated carbocycles. The van der Waals surface area contributed by atoms with Crippen LogP contribution >= 0.6 is 0 Å². The summed E-state index contributed by atoms with van der Waals surface area (Å²) in [6, 6.07) is 5.19.